The first-order chi connectivity index (χ1) is 11.2. The van der Waals surface area contributed by atoms with E-state index >= 15 is 0 Å². The van der Waals surface area contributed by atoms with Gasteiger partial charge in [-0.15, -0.1) is 0 Å². The molecule has 0 aliphatic rings. The van der Waals surface area contributed by atoms with Crippen molar-refractivity contribution in [3.8, 4) is 11.4 Å². The Bertz CT molecular complexity index is 826. The Labute approximate surface area is 132 Å². The van der Waals surface area contributed by atoms with E-state index in [0.717, 1.165) is 5.56 Å². The van der Waals surface area contributed by atoms with Crippen LogP contribution in [0, 0.1) is 0 Å². The lowest BCUT2D eigenvalue weighted by molar-refractivity contribution is -0.139. The minimum Gasteiger partial charge on any atom is -0.479 e. The standard InChI is InChI=1S/C18H14N2O3/c21-12-15-11-20(17(19-15)14-9-5-2-6-10-14)16(18(22)23)13-7-3-1-4-8-13/h1-12,16H,(H,22,23). The van der Waals surface area contributed by atoms with Gasteiger partial charge in [0, 0.05) is 11.8 Å². The average Bonchev–Trinajstić information content (AvgIpc) is 3.00. The van der Waals surface area contributed by atoms with Crippen LogP contribution in [0.5, 0.6) is 0 Å². The molecular formula is C18H14N2O3. The van der Waals surface area contributed by atoms with Crippen LogP contribution < -0.4 is 0 Å². The lowest BCUT2D eigenvalue weighted by Crippen LogP contribution is -2.20. The molecule has 1 aromatic heterocycles. The monoisotopic (exact) mass is 306 g/mol. The molecule has 1 atom stereocenters. The summed E-state index contributed by atoms with van der Waals surface area (Å²) in [6, 6.07) is 17.1. The number of aromatic nitrogens is 2. The molecule has 23 heavy (non-hydrogen) atoms. The molecule has 0 spiro atoms. The first-order valence-electron chi connectivity index (χ1n) is 7.08. The van der Waals surface area contributed by atoms with Crippen LogP contribution in [-0.2, 0) is 4.79 Å². The van der Waals surface area contributed by atoms with Crippen molar-refractivity contribution in [2.75, 3.05) is 0 Å². The number of aldehydes is 1. The molecule has 3 rings (SSSR count). The first kappa shape index (κ1) is 14.7. The van der Waals surface area contributed by atoms with E-state index in [1.165, 1.54) is 10.8 Å². The summed E-state index contributed by atoms with van der Waals surface area (Å²) in [5.74, 6) is -0.563. The fourth-order valence-corrected chi connectivity index (χ4v) is 2.52. The Hall–Kier alpha value is -3.21. The molecule has 0 saturated heterocycles. The van der Waals surface area contributed by atoms with E-state index in [-0.39, 0.29) is 5.69 Å². The fourth-order valence-electron chi connectivity index (χ4n) is 2.52. The van der Waals surface area contributed by atoms with Crippen LogP contribution in [0.3, 0.4) is 0 Å². The zero-order chi connectivity index (χ0) is 16.2. The summed E-state index contributed by atoms with van der Waals surface area (Å²) in [5, 5.41) is 9.70. The summed E-state index contributed by atoms with van der Waals surface area (Å²) in [6.07, 6.45) is 2.09. The van der Waals surface area contributed by atoms with Crippen LogP contribution in [0.15, 0.2) is 66.9 Å². The van der Waals surface area contributed by atoms with Crippen LogP contribution >= 0.6 is 0 Å². The third-order valence-corrected chi connectivity index (χ3v) is 3.53. The van der Waals surface area contributed by atoms with E-state index in [4.69, 9.17) is 0 Å². The highest BCUT2D eigenvalue weighted by Gasteiger charge is 2.25. The number of hydrogen-bond donors (Lipinski definition) is 1. The van der Waals surface area contributed by atoms with Gasteiger partial charge in [-0.05, 0) is 5.56 Å². The summed E-state index contributed by atoms with van der Waals surface area (Å²) >= 11 is 0. The number of carbonyl (C=O) groups is 2. The molecule has 114 valence electrons. The molecule has 0 saturated carbocycles. The van der Waals surface area contributed by atoms with Crippen molar-refractivity contribution < 1.29 is 14.7 Å². The lowest BCUT2D eigenvalue weighted by atomic mass is 10.1. The van der Waals surface area contributed by atoms with Gasteiger partial charge in [0.2, 0.25) is 0 Å². The number of rotatable bonds is 5. The van der Waals surface area contributed by atoms with Gasteiger partial charge in [0.15, 0.2) is 12.3 Å². The molecule has 5 heteroatoms. The quantitative estimate of drug-likeness (QED) is 0.735. The van der Waals surface area contributed by atoms with Crippen LogP contribution in [0.1, 0.15) is 22.1 Å². The van der Waals surface area contributed by atoms with Crippen molar-refractivity contribution in [3.63, 3.8) is 0 Å². The van der Waals surface area contributed by atoms with Crippen LogP contribution in [-0.4, -0.2) is 26.9 Å². The number of carbonyl (C=O) groups excluding carboxylic acids is 1. The maximum Gasteiger partial charge on any atom is 0.331 e. The van der Waals surface area contributed by atoms with Crippen molar-refractivity contribution in [1.82, 2.24) is 9.55 Å². The molecule has 3 aromatic rings. The van der Waals surface area contributed by atoms with Crippen LogP contribution in [0.2, 0.25) is 0 Å². The van der Waals surface area contributed by atoms with Gasteiger partial charge in [0.05, 0.1) is 0 Å². The number of carboxylic acid groups (broad SMARTS) is 1. The second-order valence-corrected chi connectivity index (χ2v) is 5.03. The Balaban J connectivity index is 2.19. The predicted molar refractivity (Wildman–Crippen MR) is 85.3 cm³/mol. The number of imidazole rings is 1. The Morgan fingerprint density at radius 2 is 1.65 bits per heavy atom. The molecule has 0 aliphatic carbocycles. The maximum absolute atomic E-state index is 11.8. The second-order valence-electron chi connectivity index (χ2n) is 5.03. The Kier molecular flexibility index (Phi) is 4.01. The molecule has 0 fully saturated rings. The highest BCUT2D eigenvalue weighted by Crippen LogP contribution is 2.27. The third kappa shape index (κ3) is 2.89. The van der Waals surface area contributed by atoms with Crippen molar-refractivity contribution in [3.05, 3.63) is 78.1 Å². The highest BCUT2D eigenvalue weighted by atomic mass is 16.4. The SMILES string of the molecule is O=Cc1cn(C(C(=O)O)c2ccccc2)c(-c2ccccc2)n1. The number of nitrogens with zero attached hydrogens (tertiary/aromatic N) is 2. The molecule has 1 heterocycles. The molecule has 1 N–H and O–H groups in total. The van der Waals surface area contributed by atoms with Crippen LogP contribution in [0.4, 0.5) is 0 Å². The van der Waals surface area contributed by atoms with Crippen molar-refractivity contribution >= 4 is 12.3 Å². The molecule has 5 nitrogen and oxygen atoms in total. The Morgan fingerprint density at radius 1 is 1.04 bits per heavy atom. The lowest BCUT2D eigenvalue weighted by Gasteiger charge is -2.17. The Morgan fingerprint density at radius 3 is 2.22 bits per heavy atom. The van der Waals surface area contributed by atoms with E-state index in [1.54, 1.807) is 24.3 Å². The summed E-state index contributed by atoms with van der Waals surface area (Å²) < 4.78 is 1.52. The van der Waals surface area contributed by atoms with Crippen molar-refractivity contribution in [2.24, 2.45) is 0 Å². The summed E-state index contributed by atoms with van der Waals surface area (Å²) in [5.41, 5.74) is 1.57. The average molecular weight is 306 g/mol. The number of aliphatic carboxylic acids is 1. The number of benzene rings is 2. The topological polar surface area (TPSA) is 72.2 Å². The fraction of sp³-hybridized carbons (Fsp3) is 0.0556. The van der Waals surface area contributed by atoms with E-state index in [9.17, 15) is 14.7 Å². The second kappa shape index (κ2) is 6.27. The molecule has 1 unspecified atom stereocenters. The maximum atomic E-state index is 11.8. The summed E-state index contributed by atoms with van der Waals surface area (Å²) in [7, 11) is 0. The van der Waals surface area contributed by atoms with Gasteiger partial charge in [-0.2, -0.15) is 0 Å². The van der Waals surface area contributed by atoms with Gasteiger partial charge in [0.1, 0.15) is 11.5 Å². The summed E-state index contributed by atoms with van der Waals surface area (Å²) in [4.78, 5) is 27.2. The van der Waals surface area contributed by atoms with Gasteiger partial charge in [-0.25, -0.2) is 9.78 Å². The van der Waals surface area contributed by atoms with E-state index in [1.807, 2.05) is 36.4 Å². The van der Waals surface area contributed by atoms with Gasteiger partial charge in [-0.3, -0.25) is 4.79 Å². The minimum absolute atomic E-state index is 0.200. The largest absolute Gasteiger partial charge is 0.479 e. The zero-order valence-electron chi connectivity index (χ0n) is 12.2. The normalized spacial score (nSPS) is 11.8. The van der Waals surface area contributed by atoms with Crippen molar-refractivity contribution in [1.29, 1.82) is 0 Å². The number of hydrogen-bond acceptors (Lipinski definition) is 3. The first-order valence-corrected chi connectivity index (χ1v) is 7.08. The van der Waals surface area contributed by atoms with E-state index in [0.29, 0.717) is 17.7 Å². The highest BCUT2D eigenvalue weighted by molar-refractivity contribution is 5.79. The molecule has 0 amide bonds. The van der Waals surface area contributed by atoms with Gasteiger partial charge in [0.25, 0.3) is 0 Å². The molecule has 2 aromatic carbocycles. The molecule has 0 aliphatic heterocycles. The molecule has 0 radical (unpaired) electrons. The minimum atomic E-state index is -1.01. The van der Waals surface area contributed by atoms with Gasteiger partial charge in [-0.1, -0.05) is 60.7 Å². The van der Waals surface area contributed by atoms with Gasteiger partial charge < -0.3 is 9.67 Å². The predicted octanol–water partition coefficient (Wildman–Crippen LogP) is 3.04. The third-order valence-electron chi connectivity index (χ3n) is 3.53. The van der Waals surface area contributed by atoms with Gasteiger partial charge >= 0.3 is 5.97 Å². The number of carboxylic acids is 1. The summed E-state index contributed by atoms with van der Waals surface area (Å²) in [6.45, 7) is 0. The van der Waals surface area contributed by atoms with Crippen LogP contribution in [0.25, 0.3) is 11.4 Å². The van der Waals surface area contributed by atoms with E-state index in [2.05, 4.69) is 4.98 Å². The van der Waals surface area contributed by atoms with Crippen molar-refractivity contribution in [2.45, 2.75) is 6.04 Å². The van der Waals surface area contributed by atoms with E-state index < -0.39 is 12.0 Å². The molecular weight excluding hydrogens is 292 g/mol. The smallest absolute Gasteiger partial charge is 0.331 e. The molecule has 0 bridgehead atoms. The zero-order valence-corrected chi connectivity index (χ0v) is 12.2.